The number of carbonyl (C=O) groups excluding carboxylic acids is 1. The highest BCUT2D eigenvalue weighted by molar-refractivity contribution is 5.75. The van der Waals surface area contributed by atoms with Crippen molar-refractivity contribution in [2.24, 2.45) is 0 Å². The SMILES string of the molecule is O=C(Cn1cc(CCO)nn1)NC1CCCCCC1. The molecule has 6 heteroatoms. The second kappa shape index (κ2) is 7.23. The molecule has 2 rings (SSSR count). The van der Waals surface area contributed by atoms with Crippen molar-refractivity contribution in [1.29, 1.82) is 0 Å². The Labute approximate surface area is 113 Å². The Balaban J connectivity index is 1.79. The maximum atomic E-state index is 11.9. The fraction of sp³-hybridized carbons (Fsp3) is 0.769. The molecule has 2 N–H and O–H groups in total. The van der Waals surface area contributed by atoms with E-state index in [1.54, 1.807) is 6.20 Å². The number of amides is 1. The zero-order chi connectivity index (χ0) is 13.5. The fourth-order valence-corrected chi connectivity index (χ4v) is 2.49. The molecule has 1 aliphatic carbocycles. The van der Waals surface area contributed by atoms with Crippen LogP contribution in [0.2, 0.25) is 0 Å². The van der Waals surface area contributed by atoms with E-state index >= 15 is 0 Å². The minimum absolute atomic E-state index is 0.00708. The first-order valence-electron chi connectivity index (χ1n) is 7.07. The summed E-state index contributed by atoms with van der Waals surface area (Å²) in [6.07, 6.45) is 9.31. The van der Waals surface area contributed by atoms with E-state index in [1.807, 2.05) is 0 Å². The molecule has 0 atom stereocenters. The van der Waals surface area contributed by atoms with Crippen LogP contribution in [0.3, 0.4) is 0 Å². The quantitative estimate of drug-likeness (QED) is 0.767. The third-order valence-electron chi connectivity index (χ3n) is 3.48. The highest BCUT2D eigenvalue weighted by Crippen LogP contribution is 2.17. The number of aromatic nitrogens is 3. The zero-order valence-corrected chi connectivity index (χ0v) is 11.2. The number of hydrogen-bond acceptors (Lipinski definition) is 4. The molecule has 0 aliphatic heterocycles. The molecule has 0 unspecified atom stereocenters. The Hall–Kier alpha value is -1.43. The summed E-state index contributed by atoms with van der Waals surface area (Å²) < 4.78 is 1.52. The summed E-state index contributed by atoms with van der Waals surface area (Å²) in [5, 5.41) is 19.6. The molecule has 106 valence electrons. The highest BCUT2D eigenvalue weighted by Gasteiger charge is 2.15. The van der Waals surface area contributed by atoms with Gasteiger partial charge in [-0.2, -0.15) is 0 Å². The Morgan fingerprint density at radius 1 is 1.37 bits per heavy atom. The smallest absolute Gasteiger partial charge is 0.242 e. The second-order valence-electron chi connectivity index (χ2n) is 5.14. The van der Waals surface area contributed by atoms with Crippen LogP contribution in [-0.2, 0) is 17.8 Å². The van der Waals surface area contributed by atoms with Crippen molar-refractivity contribution < 1.29 is 9.90 Å². The lowest BCUT2D eigenvalue weighted by molar-refractivity contribution is -0.122. The van der Waals surface area contributed by atoms with Crippen molar-refractivity contribution in [2.45, 2.75) is 57.5 Å². The fourth-order valence-electron chi connectivity index (χ4n) is 2.49. The minimum atomic E-state index is -0.00708. The van der Waals surface area contributed by atoms with Gasteiger partial charge in [0.1, 0.15) is 6.54 Å². The number of hydrogen-bond donors (Lipinski definition) is 2. The minimum Gasteiger partial charge on any atom is -0.396 e. The van der Waals surface area contributed by atoms with Crippen molar-refractivity contribution in [2.75, 3.05) is 6.61 Å². The molecule has 1 aromatic rings. The van der Waals surface area contributed by atoms with Gasteiger partial charge >= 0.3 is 0 Å². The van der Waals surface area contributed by atoms with E-state index in [-0.39, 0.29) is 19.1 Å². The molecule has 0 radical (unpaired) electrons. The van der Waals surface area contributed by atoms with E-state index in [0.717, 1.165) is 12.8 Å². The molecule has 1 aliphatic rings. The lowest BCUT2D eigenvalue weighted by atomic mass is 10.1. The number of aliphatic hydroxyl groups excluding tert-OH is 1. The van der Waals surface area contributed by atoms with Gasteiger partial charge in [-0.15, -0.1) is 5.10 Å². The van der Waals surface area contributed by atoms with Gasteiger partial charge in [-0.3, -0.25) is 4.79 Å². The predicted octanol–water partition coefficient (Wildman–Crippen LogP) is 0.652. The first kappa shape index (κ1) is 14.0. The summed E-state index contributed by atoms with van der Waals surface area (Å²) in [6.45, 7) is 0.252. The summed E-state index contributed by atoms with van der Waals surface area (Å²) in [5.41, 5.74) is 0.713. The Morgan fingerprint density at radius 2 is 2.11 bits per heavy atom. The van der Waals surface area contributed by atoms with E-state index in [9.17, 15) is 4.79 Å². The molecule has 1 saturated carbocycles. The Bertz CT molecular complexity index is 397. The monoisotopic (exact) mass is 266 g/mol. The molecule has 1 heterocycles. The zero-order valence-electron chi connectivity index (χ0n) is 11.2. The number of nitrogens with zero attached hydrogens (tertiary/aromatic N) is 3. The average molecular weight is 266 g/mol. The summed E-state index contributed by atoms with van der Waals surface area (Å²) in [6, 6.07) is 0.315. The molecule has 0 saturated heterocycles. The predicted molar refractivity (Wildman–Crippen MR) is 70.4 cm³/mol. The maximum Gasteiger partial charge on any atom is 0.242 e. The van der Waals surface area contributed by atoms with Crippen LogP contribution in [-0.4, -0.2) is 38.7 Å². The van der Waals surface area contributed by atoms with E-state index in [4.69, 9.17) is 5.11 Å². The van der Waals surface area contributed by atoms with Crippen LogP contribution in [0, 0.1) is 0 Å². The summed E-state index contributed by atoms with van der Waals surface area (Å²) in [4.78, 5) is 11.9. The van der Waals surface area contributed by atoms with Crippen LogP contribution in [0.15, 0.2) is 6.20 Å². The normalized spacial score (nSPS) is 17.1. The van der Waals surface area contributed by atoms with Gasteiger partial charge in [0, 0.05) is 25.3 Å². The van der Waals surface area contributed by atoms with Crippen molar-refractivity contribution in [3.05, 3.63) is 11.9 Å². The van der Waals surface area contributed by atoms with Gasteiger partial charge in [-0.1, -0.05) is 30.9 Å². The van der Waals surface area contributed by atoms with Crippen molar-refractivity contribution >= 4 is 5.91 Å². The number of carbonyl (C=O) groups is 1. The summed E-state index contributed by atoms with van der Waals surface area (Å²) in [5.74, 6) is -0.00708. The van der Waals surface area contributed by atoms with Crippen LogP contribution in [0.25, 0.3) is 0 Å². The molecular formula is C13H22N4O2. The largest absolute Gasteiger partial charge is 0.396 e. The Kier molecular flexibility index (Phi) is 5.32. The molecule has 1 amide bonds. The van der Waals surface area contributed by atoms with Gasteiger partial charge in [-0.25, -0.2) is 4.68 Å². The van der Waals surface area contributed by atoms with Gasteiger partial charge in [-0.05, 0) is 12.8 Å². The third kappa shape index (κ3) is 4.63. The molecule has 6 nitrogen and oxygen atoms in total. The van der Waals surface area contributed by atoms with Crippen LogP contribution in [0.4, 0.5) is 0 Å². The van der Waals surface area contributed by atoms with E-state index in [1.165, 1.54) is 30.4 Å². The van der Waals surface area contributed by atoms with E-state index < -0.39 is 0 Å². The van der Waals surface area contributed by atoms with E-state index in [2.05, 4.69) is 15.6 Å². The standard InChI is InChI=1S/C13H22N4O2/c18-8-7-12-9-17(16-15-12)10-13(19)14-11-5-3-1-2-4-6-11/h9,11,18H,1-8,10H2,(H,14,19). The lowest BCUT2D eigenvalue weighted by Gasteiger charge is -2.15. The average Bonchev–Trinajstić information content (AvgIpc) is 2.65. The van der Waals surface area contributed by atoms with Crippen molar-refractivity contribution in [3.63, 3.8) is 0 Å². The van der Waals surface area contributed by atoms with Gasteiger partial charge in [0.25, 0.3) is 0 Å². The first-order valence-corrected chi connectivity index (χ1v) is 7.07. The summed E-state index contributed by atoms with van der Waals surface area (Å²) >= 11 is 0. The van der Waals surface area contributed by atoms with Crippen LogP contribution >= 0.6 is 0 Å². The topological polar surface area (TPSA) is 80.0 Å². The van der Waals surface area contributed by atoms with Crippen molar-refractivity contribution in [3.8, 4) is 0 Å². The van der Waals surface area contributed by atoms with E-state index in [0.29, 0.717) is 18.2 Å². The number of rotatable bonds is 5. The second-order valence-corrected chi connectivity index (χ2v) is 5.14. The van der Waals surface area contributed by atoms with Gasteiger partial charge in [0.15, 0.2) is 0 Å². The molecule has 1 aromatic heterocycles. The van der Waals surface area contributed by atoms with Gasteiger partial charge in [0.2, 0.25) is 5.91 Å². The van der Waals surface area contributed by atoms with Gasteiger partial charge in [0.05, 0.1) is 5.69 Å². The highest BCUT2D eigenvalue weighted by atomic mass is 16.3. The van der Waals surface area contributed by atoms with Gasteiger partial charge < -0.3 is 10.4 Å². The third-order valence-corrected chi connectivity index (χ3v) is 3.48. The molecule has 19 heavy (non-hydrogen) atoms. The molecular weight excluding hydrogens is 244 g/mol. The molecule has 0 spiro atoms. The molecule has 0 bridgehead atoms. The number of nitrogens with one attached hydrogen (secondary N) is 1. The first-order chi connectivity index (χ1) is 9.28. The number of aliphatic hydroxyl groups is 1. The van der Waals surface area contributed by atoms with Crippen LogP contribution < -0.4 is 5.32 Å². The molecule has 1 fully saturated rings. The lowest BCUT2D eigenvalue weighted by Crippen LogP contribution is -2.36. The summed E-state index contributed by atoms with van der Waals surface area (Å²) in [7, 11) is 0. The Morgan fingerprint density at radius 3 is 2.79 bits per heavy atom. The van der Waals surface area contributed by atoms with Crippen molar-refractivity contribution in [1.82, 2.24) is 20.3 Å². The van der Waals surface area contributed by atoms with Crippen LogP contribution in [0.5, 0.6) is 0 Å². The maximum absolute atomic E-state index is 11.9. The van der Waals surface area contributed by atoms with Crippen LogP contribution in [0.1, 0.15) is 44.2 Å². The molecule has 0 aromatic carbocycles.